The Balaban J connectivity index is 2.00. The maximum atomic E-state index is 12.7. The Morgan fingerprint density at radius 2 is 1.78 bits per heavy atom. The van der Waals surface area contributed by atoms with Gasteiger partial charge in [0, 0.05) is 15.6 Å². The molecule has 0 saturated carbocycles. The van der Waals surface area contributed by atoms with Crippen LogP contribution in [0.5, 0.6) is 0 Å². The highest BCUT2D eigenvalue weighted by atomic mass is 35.5. The van der Waals surface area contributed by atoms with Gasteiger partial charge in [0.25, 0.3) is 5.91 Å². The zero-order valence-electron chi connectivity index (χ0n) is 12.0. The molecule has 1 heterocycles. The second kappa shape index (κ2) is 6.65. The van der Waals surface area contributed by atoms with Crippen LogP contribution in [0, 0.1) is 6.92 Å². The van der Waals surface area contributed by atoms with E-state index in [-0.39, 0.29) is 5.91 Å². The van der Waals surface area contributed by atoms with Crippen molar-refractivity contribution in [2.45, 2.75) is 6.92 Å². The fourth-order valence-electron chi connectivity index (χ4n) is 2.24. The fraction of sp³-hybridized carbons (Fsp3) is 0.0588. The summed E-state index contributed by atoms with van der Waals surface area (Å²) in [5.41, 5.74) is 2.46. The Labute approximate surface area is 154 Å². The minimum atomic E-state index is -0.165. The Hall–Kier alpha value is -1.33. The van der Waals surface area contributed by atoms with E-state index in [1.54, 1.807) is 24.3 Å². The minimum absolute atomic E-state index is 0.165. The maximum absolute atomic E-state index is 12.7. The van der Waals surface area contributed by atoms with Crippen molar-refractivity contribution in [2.24, 2.45) is 0 Å². The summed E-state index contributed by atoms with van der Waals surface area (Å²) in [4.78, 5) is 14.8. The van der Waals surface area contributed by atoms with E-state index < -0.39 is 0 Å². The highest BCUT2D eigenvalue weighted by Crippen LogP contribution is 2.38. The summed E-state index contributed by atoms with van der Waals surface area (Å²) in [5.74, 6) is -0.165. The Morgan fingerprint density at radius 3 is 2.43 bits per heavy atom. The lowest BCUT2D eigenvalue weighted by Gasteiger charge is -2.14. The van der Waals surface area contributed by atoms with E-state index in [0.717, 1.165) is 11.3 Å². The molecule has 0 N–H and O–H groups in total. The molecule has 1 amide bonds. The molecule has 6 heteroatoms. The van der Waals surface area contributed by atoms with E-state index in [4.69, 9.17) is 35.4 Å². The fourth-order valence-corrected chi connectivity index (χ4v) is 4.02. The van der Waals surface area contributed by atoms with Crippen LogP contribution in [-0.2, 0) is 4.79 Å². The lowest BCUT2D eigenvalue weighted by atomic mass is 10.2. The van der Waals surface area contributed by atoms with Crippen molar-refractivity contribution in [2.75, 3.05) is 4.90 Å². The van der Waals surface area contributed by atoms with Gasteiger partial charge < -0.3 is 0 Å². The van der Waals surface area contributed by atoms with Gasteiger partial charge in [-0.15, -0.1) is 0 Å². The first-order valence-corrected chi connectivity index (χ1v) is 8.74. The molecule has 1 fully saturated rings. The number of thiocarbonyl (C=S) groups is 1. The van der Waals surface area contributed by atoms with Gasteiger partial charge in [0.1, 0.15) is 0 Å². The van der Waals surface area contributed by atoms with E-state index in [2.05, 4.69) is 0 Å². The summed E-state index contributed by atoms with van der Waals surface area (Å²) >= 11 is 18.9. The highest BCUT2D eigenvalue weighted by Gasteiger charge is 2.33. The maximum Gasteiger partial charge on any atom is 0.270 e. The molecule has 0 unspecified atom stereocenters. The number of nitrogens with zero attached hydrogens (tertiary/aromatic N) is 1. The Kier molecular flexibility index (Phi) is 4.78. The first-order valence-electron chi connectivity index (χ1n) is 6.76. The van der Waals surface area contributed by atoms with Crippen LogP contribution in [0.2, 0.25) is 10.0 Å². The minimum Gasteiger partial charge on any atom is -0.268 e. The molecule has 0 spiro atoms. The molecular formula is C17H11Cl2NOS2. The van der Waals surface area contributed by atoms with Crippen LogP contribution in [-0.4, -0.2) is 10.2 Å². The second-order valence-corrected chi connectivity index (χ2v) is 7.48. The monoisotopic (exact) mass is 379 g/mol. The van der Waals surface area contributed by atoms with Gasteiger partial charge >= 0.3 is 0 Å². The van der Waals surface area contributed by atoms with Crippen molar-refractivity contribution >= 4 is 69.2 Å². The van der Waals surface area contributed by atoms with Crippen molar-refractivity contribution in [1.82, 2.24) is 0 Å². The molecular weight excluding hydrogens is 369 g/mol. The second-order valence-electron chi connectivity index (χ2n) is 4.99. The molecule has 1 aliphatic heterocycles. The number of anilines is 1. The number of benzene rings is 2. The quantitative estimate of drug-likeness (QED) is 0.492. The molecule has 0 bridgehead atoms. The molecule has 116 valence electrons. The largest absolute Gasteiger partial charge is 0.270 e. The van der Waals surface area contributed by atoms with Gasteiger partial charge in [-0.25, -0.2) is 0 Å². The number of carbonyl (C=O) groups is 1. The lowest BCUT2D eigenvalue weighted by Crippen LogP contribution is -2.27. The van der Waals surface area contributed by atoms with Crippen LogP contribution in [0.3, 0.4) is 0 Å². The van der Waals surface area contributed by atoms with E-state index in [0.29, 0.717) is 24.8 Å². The van der Waals surface area contributed by atoms with E-state index in [1.807, 2.05) is 31.2 Å². The number of rotatable bonds is 2. The number of hydrogen-bond acceptors (Lipinski definition) is 3. The molecule has 2 nitrogen and oxygen atoms in total. The summed E-state index contributed by atoms with van der Waals surface area (Å²) in [6.07, 6.45) is 1.69. The summed E-state index contributed by atoms with van der Waals surface area (Å²) < 4.78 is 0.495. The molecule has 23 heavy (non-hydrogen) atoms. The highest BCUT2D eigenvalue weighted by molar-refractivity contribution is 8.27. The standard InChI is InChI=1S/C17H11Cl2NOS2/c1-10-4-2-5-11(8-10)20-16(21)15(23-17(20)22)9-12-13(18)6-3-7-14(12)19/h2-9H,1H3/b15-9-. The predicted molar refractivity (Wildman–Crippen MR) is 103 cm³/mol. The number of amides is 1. The Bertz CT molecular complexity index is 828. The summed E-state index contributed by atoms with van der Waals surface area (Å²) in [6, 6.07) is 12.9. The number of halogens is 2. The van der Waals surface area contributed by atoms with E-state index in [1.165, 1.54) is 16.7 Å². The Morgan fingerprint density at radius 1 is 1.13 bits per heavy atom. The van der Waals surface area contributed by atoms with Gasteiger partial charge in [0.05, 0.1) is 10.6 Å². The van der Waals surface area contributed by atoms with Gasteiger partial charge in [-0.1, -0.05) is 65.4 Å². The number of thioether (sulfide) groups is 1. The average Bonchev–Trinajstić information content (AvgIpc) is 2.77. The van der Waals surface area contributed by atoms with Crippen LogP contribution in [0.25, 0.3) is 6.08 Å². The first-order chi connectivity index (χ1) is 11.0. The topological polar surface area (TPSA) is 20.3 Å². The molecule has 0 aliphatic carbocycles. The molecule has 2 aromatic carbocycles. The van der Waals surface area contributed by atoms with Crippen molar-refractivity contribution in [1.29, 1.82) is 0 Å². The van der Waals surface area contributed by atoms with Crippen LogP contribution < -0.4 is 4.90 Å². The number of aryl methyl sites for hydroxylation is 1. The van der Waals surface area contributed by atoms with Crippen molar-refractivity contribution in [3.05, 3.63) is 68.5 Å². The number of hydrogen-bond donors (Lipinski definition) is 0. The van der Waals surface area contributed by atoms with Gasteiger partial charge in [0.15, 0.2) is 4.32 Å². The molecule has 2 aromatic rings. The molecule has 3 rings (SSSR count). The van der Waals surface area contributed by atoms with Gasteiger partial charge in [-0.2, -0.15) is 0 Å². The SMILES string of the molecule is Cc1cccc(N2C(=O)/C(=C/c3c(Cl)cccc3Cl)SC2=S)c1. The molecule has 0 radical (unpaired) electrons. The third kappa shape index (κ3) is 3.31. The third-order valence-corrected chi connectivity index (χ3v) is 5.29. The lowest BCUT2D eigenvalue weighted by molar-refractivity contribution is -0.113. The summed E-state index contributed by atoms with van der Waals surface area (Å²) in [6.45, 7) is 1.97. The first kappa shape index (κ1) is 16.5. The molecule has 1 aliphatic rings. The van der Waals surface area contributed by atoms with Gasteiger partial charge in [0.2, 0.25) is 0 Å². The van der Waals surface area contributed by atoms with E-state index in [9.17, 15) is 4.79 Å². The van der Waals surface area contributed by atoms with Crippen molar-refractivity contribution in [3.8, 4) is 0 Å². The average molecular weight is 380 g/mol. The zero-order chi connectivity index (χ0) is 16.6. The van der Waals surface area contributed by atoms with Crippen LogP contribution in [0.4, 0.5) is 5.69 Å². The van der Waals surface area contributed by atoms with Crippen molar-refractivity contribution in [3.63, 3.8) is 0 Å². The van der Waals surface area contributed by atoms with E-state index >= 15 is 0 Å². The van der Waals surface area contributed by atoms with Crippen LogP contribution in [0.1, 0.15) is 11.1 Å². The number of carbonyl (C=O) groups excluding carboxylic acids is 1. The van der Waals surface area contributed by atoms with Crippen LogP contribution >= 0.6 is 47.2 Å². The van der Waals surface area contributed by atoms with Gasteiger partial charge in [-0.05, 0) is 42.8 Å². The predicted octanol–water partition coefficient (Wildman–Crippen LogP) is 5.71. The van der Waals surface area contributed by atoms with Crippen molar-refractivity contribution < 1.29 is 4.79 Å². The normalized spacial score (nSPS) is 16.5. The third-order valence-electron chi connectivity index (χ3n) is 3.33. The molecule has 1 saturated heterocycles. The van der Waals surface area contributed by atoms with Gasteiger partial charge in [-0.3, -0.25) is 9.69 Å². The molecule has 0 atom stereocenters. The summed E-state index contributed by atoms with van der Waals surface area (Å²) in [5, 5.41) is 0.997. The zero-order valence-corrected chi connectivity index (χ0v) is 15.2. The smallest absolute Gasteiger partial charge is 0.268 e. The molecule has 0 aromatic heterocycles. The summed E-state index contributed by atoms with van der Waals surface area (Å²) in [7, 11) is 0. The van der Waals surface area contributed by atoms with Crippen LogP contribution in [0.15, 0.2) is 47.4 Å².